The number of halogens is 2. The highest BCUT2D eigenvalue weighted by molar-refractivity contribution is 9.10. The Balaban J connectivity index is 2.95. The topological polar surface area (TPSA) is 66.4 Å². The van der Waals surface area contributed by atoms with E-state index in [-0.39, 0.29) is 12.1 Å². The Bertz CT molecular complexity index is 566. The quantitative estimate of drug-likeness (QED) is 0.756. The highest BCUT2D eigenvalue weighted by atomic mass is 79.9. The zero-order valence-corrected chi connectivity index (χ0v) is 14.4. The van der Waals surface area contributed by atoms with Crippen molar-refractivity contribution in [2.45, 2.75) is 30.1 Å². The molecule has 20 heavy (non-hydrogen) atoms. The minimum Gasteiger partial charge on any atom is -0.392 e. The van der Waals surface area contributed by atoms with Crippen molar-refractivity contribution in [3.05, 3.63) is 28.0 Å². The summed E-state index contributed by atoms with van der Waals surface area (Å²) >= 11 is 4.74. The number of aliphatic hydroxyl groups is 1. The molecule has 0 aromatic heterocycles. The summed E-state index contributed by atoms with van der Waals surface area (Å²) in [6, 6.07) is 2.54. The third kappa shape index (κ3) is 4.70. The van der Waals surface area contributed by atoms with E-state index in [2.05, 4.69) is 20.7 Å². The standard InChI is InChI=1S/C12H17BrFNO3S2/c1-8(19-2)3-4-15-20(17,18)11-6-10(13)5-9(7-16)12(11)14/h5-6,8,15-16H,3-4,7H2,1-2H3. The summed E-state index contributed by atoms with van der Waals surface area (Å²) in [6.45, 7) is 1.67. The number of benzene rings is 1. The molecule has 0 aliphatic heterocycles. The second kappa shape index (κ2) is 7.74. The highest BCUT2D eigenvalue weighted by Crippen LogP contribution is 2.24. The van der Waals surface area contributed by atoms with Crippen LogP contribution in [-0.2, 0) is 16.6 Å². The first-order chi connectivity index (χ1) is 9.31. The molecule has 0 aliphatic carbocycles. The fourth-order valence-electron chi connectivity index (χ4n) is 1.52. The van der Waals surface area contributed by atoms with Crippen molar-refractivity contribution < 1.29 is 17.9 Å². The molecule has 0 bridgehead atoms. The van der Waals surface area contributed by atoms with Gasteiger partial charge in [0.1, 0.15) is 10.7 Å². The Morgan fingerprint density at radius 2 is 2.15 bits per heavy atom. The Morgan fingerprint density at radius 1 is 1.50 bits per heavy atom. The van der Waals surface area contributed by atoms with Crippen molar-refractivity contribution in [1.29, 1.82) is 0 Å². The Labute approximate surface area is 131 Å². The lowest BCUT2D eigenvalue weighted by Crippen LogP contribution is -2.27. The summed E-state index contributed by atoms with van der Waals surface area (Å²) in [5.74, 6) is -0.916. The molecular weight excluding hydrogens is 369 g/mol. The summed E-state index contributed by atoms with van der Waals surface area (Å²) in [4.78, 5) is -0.451. The van der Waals surface area contributed by atoms with Gasteiger partial charge < -0.3 is 5.11 Å². The molecule has 0 saturated carbocycles. The SMILES string of the molecule is CSC(C)CCNS(=O)(=O)c1cc(Br)cc(CO)c1F. The van der Waals surface area contributed by atoms with Crippen molar-refractivity contribution >= 4 is 37.7 Å². The zero-order chi connectivity index (χ0) is 15.3. The van der Waals surface area contributed by atoms with E-state index in [1.54, 1.807) is 11.8 Å². The second-order valence-corrected chi connectivity index (χ2v) is 8.20. The lowest BCUT2D eigenvalue weighted by atomic mass is 10.2. The molecule has 8 heteroatoms. The largest absolute Gasteiger partial charge is 0.392 e. The normalized spacial score (nSPS) is 13.4. The number of hydrogen-bond donors (Lipinski definition) is 2. The van der Waals surface area contributed by atoms with Crippen molar-refractivity contribution in [3.63, 3.8) is 0 Å². The van der Waals surface area contributed by atoms with Crippen molar-refractivity contribution in [2.75, 3.05) is 12.8 Å². The maximum Gasteiger partial charge on any atom is 0.243 e. The van der Waals surface area contributed by atoms with Crippen LogP contribution in [0.5, 0.6) is 0 Å². The van der Waals surface area contributed by atoms with Crippen LogP contribution in [0, 0.1) is 5.82 Å². The molecule has 0 amide bonds. The summed E-state index contributed by atoms with van der Waals surface area (Å²) < 4.78 is 40.9. The third-order valence-electron chi connectivity index (χ3n) is 2.78. The molecule has 0 aliphatic rings. The number of sulfonamides is 1. The number of rotatable bonds is 7. The molecule has 1 aromatic carbocycles. The van der Waals surface area contributed by atoms with Gasteiger partial charge in [-0.15, -0.1) is 0 Å². The van der Waals surface area contributed by atoms with Crippen LogP contribution in [0.25, 0.3) is 0 Å². The Hall–Kier alpha value is -0.150. The van der Waals surface area contributed by atoms with Gasteiger partial charge in [0.25, 0.3) is 0 Å². The molecule has 1 aromatic rings. The smallest absolute Gasteiger partial charge is 0.243 e. The first kappa shape index (κ1) is 17.9. The van der Waals surface area contributed by atoms with E-state index in [4.69, 9.17) is 5.11 Å². The zero-order valence-electron chi connectivity index (χ0n) is 11.2. The molecule has 114 valence electrons. The van der Waals surface area contributed by atoms with E-state index in [1.165, 1.54) is 12.1 Å². The fraction of sp³-hybridized carbons (Fsp3) is 0.500. The molecule has 1 unspecified atom stereocenters. The first-order valence-corrected chi connectivity index (χ1v) is 9.49. The van der Waals surface area contributed by atoms with Crippen LogP contribution in [0.2, 0.25) is 0 Å². The number of aliphatic hydroxyl groups excluding tert-OH is 1. The lowest BCUT2D eigenvalue weighted by molar-refractivity contribution is 0.274. The monoisotopic (exact) mass is 385 g/mol. The van der Waals surface area contributed by atoms with E-state index in [0.717, 1.165) is 0 Å². The molecule has 1 atom stereocenters. The summed E-state index contributed by atoms with van der Waals surface area (Å²) in [5, 5.41) is 9.35. The molecule has 0 radical (unpaired) electrons. The molecule has 1 rings (SSSR count). The van der Waals surface area contributed by atoms with E-state index in [9.17, 15) is 12.8 Å². The Morgan fingerprint density at radius 3 is 2.70 bits per heavy atom. The van der Waals surface area contributed by atoms with Crippen LogP contribution >= 0.6 is 27.7 Å². The van der Waals surface area contributed by atoms with Gasteiger partial charge in [-0.25, -0.2) is 17.5 Å². The molecule has 0 saturated heterocycles. The van der Waals surface area contributed by atoms with Crippen molar-refractivity contribution in [1.82, 2.24) is 4.72 Å². The molecule has 0 spiro atoms. The molecule has 4 nitrogen and oxygen atoms in total. The summed E-state index contributed by atoms with van der Waals surface area (Å²) in [6.07, 6.45) is 2.60. The minimum atomic E-state index is -3.93. The van der Waals surface area contributed by atoms with Gasteiger partial charge in [-0.05, 0) is 24.8 Å². The predicted octanol–water partition coefficient (Wildman–Crippen LogP) is 2.50. The van der Waals surface area contributed by atoms with Gasteiger partial charge in [0.15, 0.2) is 0 Å². The van der Waals surface area contributed by atoms with Gasteiger partial charge in [0.05, 0.1) is 6.61 Å². The van der Waals surface area contributed by atoms with Gasteiger partial charge in [-0.2, -0.15) is 11.8 Å². The van der Waals surface area contributed by atoms with Gasteiger partial charge in [0.2, 0.25) is 10.0 Å². The minimum absolute atomic E-state index is 0.0581. The lowest BCUT2D eigenvalue weighted by Gasteiger charge is -2.12. The van der Waals surface area contributed by atoms with Crippen LogP contribution < -0.4 is 4.72 Å². The van der Waals surface area contributed by atoms with Gasteiger partial charge in [0, 0.05) is 21.8 Å². The first-order valence-electron chi connectivity index (χ1n) is 5.93. The maximum absolute atomic E-state index is 14.0. The van der Waals surface area contributed by atoms with E-state index < -0.39 is 27.3 Å². The number of nitrogens with one attached hydrogen (secondary N) is 1. The number of hydrogen-bond acceptors (Lipinski definition) is 4. The van der Waals surface area contributed by atoms with Crippen molar-refractivity contribution in [3.8, 4) is 0 Å². The highest BCUT2D eigenvalue weighted by Gasteiger charge is 2.22. The molecule has 0 fully saturated rings. The van der Waals surface area contributed by atoms with Crippen LogP contribution in [0.1, 0.15) is 18.9 Å². The van der Waals surface area contributed by atoms with Crippen LogP contribution in [0.4, 0.5) is 4.39 Å². The number of thioether (sulfide) groups is 1. The summed E-state index contributed by atoms with van der Waals surface area (Å²) in [7, 11) is -3.93. The predicted molar refractivity (Wildman–Crippen MR) is 82.8 cm³/mol. The van der Waals surface area contributed by atoms with Gasteiger partial charge in [-0.3, -0.25) is 0 Å². The molecule has 0 heterocycles. The van der Waals surface area contributed by atoms with E-state index >= 15 is 0 Å². The van der Waals surface area contributed by atoms with E-state index in [1.807, 2.05) is 13.2 Å². The maximum atomic E-state index is 14.0. The Kier molecular flexibility index (Phi) is 6.93. The van der Waals surface area contributed by atoms with Crippen LogP contribution in [-0.4, -0.2) is 31.6 Å². The average Bonchev–Trinajstić information content (AvgIpc) is 2.40. The van der Waals surface area contributed by atoms with Gasteiger partial charge in [-0.1, -0.05) is 22.9 Å². The van der Waals surface area contributed by atoms with Crippen LogP contribution in [0.15, 0.2) is 21.5 Å². The second-order valence-electron chi connectivity index (χ2n) is 4.27. The third-order valence-corrected chi connectivity index (χ3v) is 5.74. The van der Waals surface area contributed by atoms with E-state index in [0.29, 0.717) is 16.1 Å². The summed E-state index contributed by atoms with van der Waals surface area (Å²) in [5.41, 5.74) is -0.0581. The molecular formula is C12H17BrFNO3S2. The van der Waals surface area contributed by atoms with Crippen LogP contribution in [0.3, 0.4) is 0 Å². The average molecular weight is 386 g/mol. The fourth-order valence-corrected chi connectivity index (χ4v) is 3.72. The van der Waals surface area contributed by atoms with Crippen molar-refractivity contribution in [2.24, 2.45) is 0 Å². The molecule has 2 N–H and O–H groups in total. The van der Waals surface area contributed by atoms with Gasteiger partial charge >= 0.3 is 0 Å².